The van der Waals surface area contributed by atoms with Gasteiger partial charge in [0.25, 0.3) is 0 Å². The molecule has 0 aliphatic carbocycles. The second-order valence-corrected chi connectivity index (χ2v) is 4.51. The highest BCUT2D eigenvalue weighted by Gasteiger charge is 2.07. The maximum atomic E-state index is 3.53. The van der Waals surface area contributed by atoms with Gasteiger partial charge in [0.2, 0.25) is 0 Å². The summed E-state index contributed by atoms with van der Waals surface area (Å²) in [6, 6.07) is 9.43. The largest absolute Gasteiger partial charge is 0.311 e. The van der Waals surface area contributed by atoms with E-state index in [1.165, 1.54) is 36.9 Å². The molecule has 1 N–H and O–H groups in total. The molecule has 1 saturated heterocycles. The third-order valence-electron chi connectivity index (χ3n) is 3.26. The van der Waals surface area contributed by atoms with Crippen molar-refractivity contribution in [1.29, 1.82) is 0 Å². The molecule has 0 saturated carbocycles. The quantitative estimate of drug-likeness (QED) is 0.815. The molecule has 0 aromatic heterocycles. The average molecular weight is 215 g/mol. The molecule has 86 valence electrons. The number of hydrogen-bond donors (Lipinski definition) is 1. The number of aryl methyl sites for hydroxylation is 1. The zero-order valence-electron chi connectivity index (χ0n) is 10.1. The highest BCUT2D eigenvalue weighted by atomic mass is 14.9. The van der Waals surface area contributed by atoms with Gasteiger partial charge in [0.15, 0.2) is 0 Å². The molecule has 16 heavy (non-hydrogen) atoms. The van der Waals surface area contributed by atoms with Crippen LogP contribution >= 0.6 is 0 Å². The smallest absolute Gasteiger partial charge is 0.0253 e. The van der Waals surface area contributed by atoms with E-state index in [9.17, 15) is 0 Å². The summed E-state index contributed by atoms with van der Waals surface area (Å²) in [6.45, 7) is 3.36. The summed E-state index contributed by atoms with van der Waals surface area (Å²) in [5.41, 5.74) is 2.72. The SMILES string of the molecule is CCc1ccc(/C=C/C2CCCCN2)cc1. The average Bonchev–Trinajstić information content (AvgIpc) is 2.38. The molecule has 1 heterocycles. The summed E-state index contributed by atoms with van der Waals surface area (Å²) in [6.07, 6.45) is 9.63. The summed E-state index contributed by atoms with van der Waals surface area (Å²) in [7, 11) is 0. The van der Waals surface area contributed by atoms with Crippen LogP contribution in [0.1, 0.15) is 37.3 Å². The van der Waals surface area contributed by atoms with Gasteiger partial charge in [0.05, 0.1) is 0 Å². The van der Waals surface area contributed by atoms with Gasteiger partial charge in [-0.3, -0.25) is 0 Å². The number of benzene rings is 1. The highest BCUT2D eigenvalue weighted by Crippen LogP contribution is 2.11. The van der Waals surface area contributed by atoms with Crippen LogP contribution in [0.25, 0.3) is 6.08 Å². The van der Waals surface area contributed by atoms with Crippen molar-refractivity contribution in [2.24, 2.45) is 0 Å². The van der Waals surface area contributed by atoms with Gasteiger partial charge in [-0.1, -0.05) is 49.8 Å². The molecule has 2 rings (SSSR count). The molecule has 0 radical (unpaired) electrons. The molecular formula is C15H21N. The van der Waals surface area contributed by atoms with Crippen molar-refractivity contribution in [3.8, 4) is 0 Å². The molecule has 1 fully saturated rings. The second kappa shape index (κ2) is 5.86. The minimum atomic E-state index is 0.583. The van der Waals surface area contributed by atoms with Crippen LogP contribution in [0, 0.1) is 0 Å². The van der Waals surface area contributed by atoms with Gasteiger partial charge < -0.3 is 5.32 Å². The Bertz CT molecular complexity index is 331. The molecular weight excluding hydrogens is 194 g/mol. The van der Waals surface area contributed by atoms with E-state index in [2.05, 4.69) is 48.7 Å². The summed E-state index contributed by atoms with van der Waals surface area (Å²) in [5.74, 6) is 0. The van der Waals surface area contributed by atoms with E-state index in [1.807, 2.05) is 0 Å². The van der Waals surface area contributed by atoms with Gasteiger partial charge in [-0.15, -0.1) is 0 Å². The van der Waals surface area contributed by atoms with Gasteiger partial charge in [-0.2, -0.15) is 0 Å². The van der Waals surface area contributed by atoms with Crippen LogP contribution in [-0.4, -0.2) is 12.6 Å². The predicted octanol–water partition coefficient (Wildman–Crippen LogP) is 3.40. The van der Waals surface area contributed by atoms with E-state index in [-0.39, 0.29) is 0 Å². The van der Waals surface area contributed by atoms with Crippen molar-refractivity contribution in [3.63, 3.8) is 0 Å². The molecule has 1 aromatic carbocycles. The topological polar surface area (TPSA) is 12.0 Å². The van der Waals surface area contributed by atoms with Gasteiger partial charge in [0, 0.05) is 6.04 Å². The Morgan fingerprint density at radius 1 is 1.25 bits per heavy atom. The van der Waals surface area contributed by atoms with Crippen molar-refractivity contribution in [2.45, 2.75) is 38.6 Å². The maximum absolute atomic E-state index is 3.53. The van der Waals surface area contributed by atoms with E-state index >= 15 is 0 Å². The highest BCUT2D eigenvalue weighted by molar-refractivity contribution is 5.50. The van der Waals surface area contributed by atoms with Crippen LogP contribution in [0.4, 0.5) is 0 Å². The van der Waals surface area contributed by atoms with Crippen molar-refractivity contribution < 1.29 is 0 Å². The van der Waals surface area contributed by atoms with Crippen LogP contribution in [0.2, 0.25) is 0 Å². The summed E-state index contributed by atoms with van der Waals surface area (Å²) >= 11 is 0. The minimum absolute atomic E-state index is 0.583. The lowest BCUT2D eigenvalue weighted by molar-refractivity contribution is 0.455. The van der Waals surface area contributed by atoms with E-state index in [0.29, 0.717) is 6.04 Å². The third-order valence-corrected chi connectivity index (χ3v) is 3.26. The Kier molecular flexibility index (Phi) is 4.17. The Labute approximate surface area is 98.6 Å². The van der Waals surface area contributed by atoms with Gasteiger partial charge in [-0.25, -0.2) is 0 Å². The zero-order chi connectivity index (χ0) is 11.2. The first kappa shape index (κ1) is 11.4. The molecule has 1 heteroatoms. The van der Waals surface area contributed by atoms with Crippen molar-refractivity contribution in [3.05, 3.63) is 41.5 Å². The maximum Gasteiger partial charge on any atom is 0.0253 e. The van der Waals surface area contributed by atoms with E-state index in [4.69, 9.17) is 0 Å². The second-order valence-electron chi connectivity index (χ2n) is 4.51. The number of piperidine rings is 1. The molecule has 0 spiro atoms. The Hall–Kier alpha value is -1.08. The van der Waals surface area contributed by atoms with Gasteiger partial charge >= 0.3 is 0 Å². The normalized spacial score (nSPS) is 21.4. The van der Waals surface area contributed by atoms with Crippen molar-refractivity contribution >= 4 is 6.08 Å². The first-order valence-corrected chi connectivity index (χ1v) is 6.39. The fraction of sp³-hybridized carbons (Fsp3) is 0.467. The third kappa shape index (κ3) is 3.21. The molecule has 1 aromatic rings. The molecule has 1 aliphatic rings. The van der Waals surface area contributed by atoms with Gasteiger partial charge in [0.1, 0.15) is 0 Å². The first-order chi connectivity index (χ1) is 7.88. The van der Waals surface area contributed by atoms with E-state index < -0.39 is 0 Å². The fourth-order valence-corrected chi connectivity index (χ4v) is 2.13. The van der Waals surface area contributed by atoms with Crippen LogP contribution in [0.15, 0.2) is 30.3 Å². The number of hydrogen-bond acceptors (Lipinski definition) is 1. The van der Waals surface area contributed by atoms with Crippen LogP contribution in [0.5, 0.6) is 0 Å². The van der Waals surface area contributed by atoms with Gasteiger partial charge in [-0.05, 0) is 36.9 Å². The van der Waals surface area contributed by atoms with Crippen LogP contribution < -0.4 is 5.32 Å². The molecule has 1 atom stereocenters. The van der Waals surface area contributed by atoms with Crippen molar-refractivity contribution in [1.82, 2.24) is 5.32 Å². The Morgan fingerprint density at radius 2 is 2.06 bits per heavy atom. The number of nitrogens with one attached hydrogen (secondary N) is 1. The first-order valence-electron chi connectivity index (χ1n) is 6.39. The van der Waals surface area contributed by atoms with Crippen molar-refractivity contribution in [2.75, 3.05) is 6.54 Å². The van der Waals surface area contributed by atoms with Crippen LogP contribution in [-0.2, 0) is 6.42 Å². The molecule has 0 bridgehead atoms. The number of rotatable bonds is 3. The Balaban J connectivity index is 1.94. The predicted molar refractivity (Wildman–Crippen MR) is 70.5 cm³/mol. The monoisotopic (exact) mass is 215 g/mol. The lowest BCUT2D eigenvalue weighted by atomic mass is 10.0. The Morgan fingerprint density at radius 3 is 2.69 bits per heavy atom. The molecule has 1 nitrogen and oxygen atoms in total. The minimum Gasteiger partial charge on any atom is -0.311 e. The fourth-order valence-electron chi connectivity index (χ4n) is 2.13. The standard InChI is InChI=1S/C15H21N/c1-2-13-6-8-14(9-7-13)10-11-15-5-3-4-12-16-15/h6-11,15-16H,2-5,12H2,1H3/b11-10+. The lowest BCUT2D eigenvalue weighted by Crippen LogP contribution is -2.31. The molecule has 1 unspecified atom stereocenters. The lowest BCUT2D eigenvalue weighted by Gasteiger charge is -2.19. The van der Waals surface area contributed by atoms with Crippen LogP contribution in [0.3, 0.4) is 0 Å². The molecule has 1 aliphatic heterocycles. The van der Waals surface area contributed by atoms with E-state index in [1.54, 1.807) is 0 Å². The summed E-state index contributed by atoms with van der Waals surface area (Å²) in [5, 5.41) is 3.53. The summed E-state index contributed by atoms with van der Waals surface area (Å²) in [4.78, 5) is 0. The summed E-state index contributed by atoms with van der Waals surface area (Å²) < 4.78 is 0. The molecule has 0 amide bonds. The zero-order valence-corrected chi connectivity index (χ0v) is 10.1. The van der Waals surface area contributed by atoms with E-state index in [0.717, 1.165) is 6.42 Å².